The number of hydrogen-bond donors (Lipinski definition) is 1. The summed E-state index contributed by atoms with van der Waals surface area (Å²) in [5.41, 5.74) is -0.386. The van der Waals surface area contributed by atoms with Crippen molar-refractivity contribution in [1.82, 2.24) is 10.2 Å². The third-order valence-corrected chi connectivity index (χ3v) is 3.76. The van der Waals surface area contributed by atoms with Crippen LogP contribution in [-0.4, -0.2) is 44.2 Å². The van der Waals surface area contributed by atoms with E-state index in [1.165, 1.54) is 6.07 Å². The van der Waals surface area contributed by atoms with Crippen molar-refractivity contribution in [2.24, 2.45) is 0 Å². The van der Waals surface area contributed by atoms with Crippen molar-refractivity contribution in [3.63, 3.8) is 0 Å². The van der Waals surface area contributed by atoms with Gasteiger partial charge in [0.15, 0.2) is 0 Å². The first-order valence-corrected chi connectivity index (χ1v) is 7.19. The molecule has 0 atom stereocenters. The molecule has 0 saturated carbocycles. The summed E-state index contributed by atoms with van der Waals surface area (Å²) in [6, 6.07) is 2.28. The normalized spacial score (nSPS) is 17.0. The summed E-state index contributed by atoms with van der Waals surface area (Å²) in [5.74, 6) is 0.406. The Morgan fingerprint density at radius 1 is 1.29 bits per heavy atom. The van der Waals surface area contributed by atoms with Gasteiger partial charge in [0.2, 0.25) is 0 Å². The van der Waals surface area contributed by atoms with E-state index >= 15 is 0 Å². The topological polar surface area (TPSA) is 24.5 Å². The van der Waals surface area contributed by atoms with Crippen molar-refractivity contribution in [3.05, 3.63) is 28.3 Å². The van der Waals surface area contributed by atoms with Gasteiger partial charge in [-0.3, -0.25) is 4.90 Å². The molecule has 21 heavy (non-hydrogen) atoms. The van der Waals surface area contributed by atoms with E-state index in [2.05, 4.69) is 10.2 Å². The quantitative estimate of drug-likeness (QED) is 0.922. The second kappa shape index (κ2) is 6.85. The van der Waals surface area contributed by atoms with Crippen LogP contribution in [0.3, 0.4) is 0 Å². The summed E-state index contributed by atoms with van der Waals surface area (Å²) >= 11 is 5.69. The summed E-state index contributed by atoms with van der Waals surface area (Å²) < 4.78 is 43.7. The van der Waals surface area contributed by atoms with E-state index in [1.54, 1.807) is 6.92 Å². The molecule has 0 unspecified atom stereocenters. The molecule has 7 heteroatoms. The first kappa shape index (κ1) is 16.4. The van der Waals surface area contributed by atoms with E-state index in [9.17, 15) is 13.2 Å². The van der Waals surface area contributed by atoms with Crippen LogP contribution in [-0.2, 0) is 6.18 Å². The van der Waals surface area contributed by atoms with Crippen LogP contribution in [0, 0.1) is 6.92 Å². The Kier molecular flexibility index (Phi) is 5.35. The van der Waals surface area contributed by atoms with E-state index in [0.717, 1.165) is 38.8 Å². The van der Waals surface area contributed by atoms with Crippen LogP contribution < -0.4 is 10.1 Å². The number of rotatable bonds is 4. The second-order valence-corrected chi connectivity index (χ2v) is 5.44. The summed E-state index contributed by atoms with van der Waals surface area (Å²) in [7, 11) is 0. The third kappa shape index (κ3) is 4.49. The van der Waals surface area contributed by atoms with Gasteiger partial charge in [0.05, 0.1) is 10.6 Å². The molecule has 1 saturated heterocycles. The summed E-state index contributed by atoms with van der Waals surface area (Å²) in [5, 5.41) is 2.92. The molecule has 3 nitrogen and oxygen atoms in total. The van der Waals surface area contributed by atoms with Crippen molar-refractivity contribution >= 4 is 11.6 Å². The van der Waals surface area contributed by atoms with E-state index in [0.29, 0.717) is 17.9 Å². The fourth-order valence-corrected chi connectivity index (χ4v) is 2.52. The molecule has 118 valence electrons. The van der Waals surface area contributed by atoms with Gasteiger partial charge in [0.1, 0.15) is 12.4 Å². The molecule has 1 aromatic rings. The molecule has 1 N–H and O–H groups in total. The molecule has 0 bridgehead atoms. The first-order chi connectivity index (χ1) is 9.88. The zero-order valence-electron chi connectivity index (χ0n) is 11.8. The molecule has 0 spiro atoms. The lowest BCUT2D eigenvalue weighted by Crippen LogP contribution is -2.44. The summed E-state index contributed by atoms with van der Waals surface area (Å²) in [6.45, 7) is 6.58. The van der Waals surface area contributed by atoms with Gasteiger partial charge in [-0.1, -0.05) is 11.6 Å². The van der Waals surface area contributed by atoms with Crippen molar-refractivity contribution in [2.45, 2.75) is 13.1 Å². The smallest absolute Gasteiger partial charge is 0.417 e. The lowest BCUT2D eigenvalue weighted by Gasteiger charge is -2.27. The Morgan fingerprint density at radius 3 is 2.57 bits per heavy atom. The molecule has 1 fully saturated rings. The number of piperazine rings is 1. The minimum absolute atomic E-state index is 0.328. The van der Waals surface area contributed by atoms with Gasteiger partial charge < -0.3 is 10.1 Å². The predicted octanol–water partition coefficient (Wildman–Crippen LogP) is 2.95. The molecule has 1 aliphatic rings. The number of aryl methyl sites for hydroxylation is 1. The highest BCUT2D eigenvalue weighted by molar-refractivity contribution is 6.31. The molecule has 1 aliphatic heterocycles. The molecule has 0 aromatic heterocycles. The largest absolute Gasteiger partial charge is 0.492 e. The summed E-state index contributed by atoms with van der Waals surface area (Å²) in [4.78, 5) is 2.25. The van der Waals surface area contributed by atoms with Crippen LogP contribution in [0.25, 0.3) is 0 Å². The Balaban J connectivity index is 1.95. The molecule has 1 aromatic carbocycles. The molecule has 2 rings (SSSR count). The lowest BCUT2D eigenvalue weighted by molar-refractivity contribution is -0.137. The van der Waals surface area contributed by atoms with E-state index in [4.69, 9.17) is 16.3 Å². The molecular formula is C14H18ClF3N2O. The highest BCUT2D eigenvalue weighted by Crippen LogP contribution is 2.38. The Labute approximate surface area is 127 Å². The van der Waals surface area contributed by atoms with Crippen LogP contribution in [0.4, 0.5) is 13.2 Å². The van der Waals surface area contributed by atoms with Gasteiger partial charge in [-0.15, -0.1) is 0 Å². The van der Waals surface area contributed by atoms with E-state index in [-0.39, 0.29) is 5.02 Å². The number of ether oxygens (including phenoxy) is 1. The molecule has 1 heterocycles. The number of hydrogen-bond acceptors (Lipinski definition) is 3. The minimum Gasteiger partial charge on any atom is -0.492 e. The van der Waals surface area contributed by atoms with Gasteiger partial charge in [0.25, 0.3) is 0 Å². The fourth-order valence-electron chi connectivity index (χ4n) is 2.26. The lowest BCUT2D eigenvalue weighted by atomic mass is 10.1. The highest BCUT2D eigenvalue weighted by Gasteiger charge is 2.33. The predicted molar refractivity (Wildman–Crippen MR) is 76.0 cm³/mol. The summed E-state index contributed by atoms with van der Waals surface area (Å²) in [6.07, 6.45) is -4.44. The standard InChI is InChI=1S/C14H18ClF3N2O/c1-10-8-11(14(16,17)18)12(15)9-13(10)21-7-6-20-4-2-19-3-5-20/h8-9,19H,2-7H2,1H3. The van der Waals surface area contributed by atoms with Crippen LogP contribution in [0.15, 0.2) is 12.1 Å². The molecule has 0 aliphatic carbocycles. The molecule has 0 radical (unpaired) electrons. The van der Waals surface area contributed by atoms with Crippen LogP contribution in [0.2, 0.25) is 5.02 Å². The van der Waals surface area contributed by atoms with Crippen molar-refractivity contribution in [3.8, 4) is 5.75 Å². The second-order valence-electron chi connectivity index (χ2n) is 5.04. The third-order valence-electron chi connectivity index (χ3n) is 3.44. The van der Waals surface area contributed by atoms with Crippen molar-refractivity contribution in [1.29, 1.82) is 0 Å². The number of benzene rings is 1. The van der Waals surface area contributed by atoms with E-state index < -0.39 is 11.7 Å². The maximum atomic E-state index is 12.7. The number of nitrogens with zero attached hydrogens (tertiary/aromatic N) is 1. The van der Waals surface area contributed by atoms with Gasteiger partial charge in [0, 0.05) is 32.7 Å². The van der Waals surface area contributed by atoms with Crippen LogP contribution in [0.5, 0.6) is 5.75 Å². The minimum atomic E-state index is -4.44. The maximum absolute atomic E-state index is 12.7. The average molecular weight is 323 g/mol. The maximum Gasteiger partial charge on any atom is 0.417 e. The van der Waals surface area contributed by atoms with Gasteiger partial charge in [-0.05, 0) is 24.6 Å². The zero-order chi connectivity index (χ0) is 15.5. The van der Waals surface area contributed by atoms with Gasteiger partial charge in [-0.2, -0.15) is 13.2 Å². The number of halogens is 4. The average Bonchev–Trinajstić information content (AvgIpc) is 2.42. The monoisotopic (exact) mass is 322 g/mol. The Bertz CT molecular complexity index is 488. The first-order valence-electron chi connectivity index (χ1n) is 6.81. The SMILES string of the molecule is Cc1cc(C(F)(F)F)c(Cl)cc1OCCN1CCNCC1. The Morgan fingerprint density at radius 2 is 1.95 bits per heavy atom. The van der Waals surface area contributed by atoms with Crippen molar-refractivity contribution in [2.75, 3.05) is 39.3 Å². The zero-order valence-corrected chi connectivity index (χ0v) is 12.5. The van der Waals surface area contributed by atoms with Gasteiger partial charge in [-0.25, -0.2) is 0 Å². The van der Waals surface area contributed by atoms with Crippen LogP contribution >= 0.6 is 11.6 Å². The van der Waals surface area contributed by atoms with Crippen molar-refractivity contribution < 1.29 is 17.9 Å². The molecular weight excluding hydrogens is 305 g/mol. The Hall–Kier alpha value is -0.980. The van der Waals surface area contributed by atoms with E-state index in [1.807, 2.05) is 0 Å². The highest BCUT2D eigenvalue weighted by atomic mass is 35.5. The molecule has 0 amide bonds. The fraction of sp³-hybridized carbons (Fsp3) is 0.571. The number of alkyl halides is 3. The number of nitrogens with one attached hydrogen (secondary N) is 1. The van der Waals surface area contributed by atoms with Gasteiger partial charge >= 0.3 is 6.18 Å². The van der Waals surface area contributed by atoms with Crippen LogP contribution in [0.1, 0.15) is 11.1 Å².